The van der Waals surface area contributed by atoms with Gasteiger partial charge in [0.1, 0.15) is 24.1 Å². The second kappa shape index (κ2) is 7.92. The zero-order chi connectivity index (χ0) is 20.4. The third-order valence-corrected chi connectivity index (χ3v) is 5.05. The van der Waals surface area contributed by atoms with Gasteiger partial charge < -0.3 is 4.74 Å². The molecule has 0 aliphatic carbocycles. The Hall–Kier alpha value is -3.02. The predicted octanol–water partition coefficient (Wildman–Crippen LogP) is 5.42. The third-order valence-electron chi connectivity index (χ3n) is 5.05. The Morgan fingerprint density at radius 1 is 1.14 bits per heavy atom. The molecule has 0 amide bonds. The molecule has 1 atom stereocenters. The SMILES string of the molecule is Cc1cc(F)c(COC(=O)n2ccnc2[C@@H](C)c2cccc(C)c2C)cc1F. The number of hydrogen-bond donors (Lipinski definition) is 0. The van der Waals surface area contributed by atoms with Crippen LogP contribution in [0.2, 0.25) is 0 Å². The molecule has 0 radical (unpaired) electrons. The zero-order valence-electron chi connectivity index (χ0n) is 16.3. The summed E-state index contributed by atoms with van der Waals surface area (Å²) in [6.45, 7) is 7.13. The van der Waals surface area contributed by atoms with Crippen molar-refractivity contribution in [2.75, 3.05) is 0 Å². The smallest absolute Gasteiger partial charge is 0.419 e. The first-order valence-electron chi connectivity index (χ1n) is 9.00. The highest BCUT2D eigenvalue weighted by Gasteiger charge is 2.21. The number of aryl methyl sites for hydroxylation is 2. The van der Waals surface area contributed by atoms with Gasteiger partial charge in [-0.2, -0.15) is 0 Å². The Balaban J connectivity index is 1.80. The number of aromatic nitrogens is 2. The Bertz CT molecular complexity index is 1030. The lowest BCUT2D eigenvalue weighted by molar-refractivity contribution is 0.139. The normalized spacial score (nSPS) is 12.1. The summed E-state index contributed by atoms with van der Waals surface area (Å²) in [5.74, 6) is -0.772. The van der Waals surface area contributed by atoms with Crippen LogP contribution in [0, 0.1) is 32.4 Å². The van der Waals surface area contributed by atoms with Crippen molar-refractivity contribution in [2.45, 2.75) is 40.2 Å². The van der Waals surface area contributed by atoms with E-state index in [1.54, 1.807) is 0 Å². The summed E-state index contributed by atoms with van der Waals surface area (Å²) in [6, 6.07) is 8.13. The van der Waals surface area contributed by atoms with Crippen LogP contribution >= 0.6 is 0 Å². The lowest BCUT2D eigenvalue weighted by Gasteiger charge is -2.17. The zero-order valence-corrected chi connectivity index (χ0v) is 16.3. The van der Waals surface area contributed by atoms with Crippen molar-refractivity contribution in [1.82, 2.24) is 9.55 Å². The van der Waals surface area contributed by atoms with E-state index in [4.69, 9.17) is 4.74 Å². The molecular formula is C22H22F2N2O2. The largest absolute Gasteiger partial charge is 0.444 e. The molecule has 0 fully saturated rings. The Morgan fingerprint density at radius 2 is 1.89 bits per heavy atom. The predicted molar refractivity (Wildman–Crippen MR) is 102 cm³/mol. The molecule has 28 heavy (non-hydrogen) atoms. The molecule has 6 heteroatoms. The number of benzene rings is 2. The van der Waals surface area contributed by atoms with Crippen molar-refractivity contribution in [1.29, 1.82) is 0 Å². The fourth-order valence-electron chi connectivity index (χ4n) is 3.18. The number of carbonyl (C=O) groups is 1. The highest BCUT2D eigenvalue weighted by molar-refractivity contribution is 5.71. The highest BCUT2D eigenvalue weighted by Crippen LogP contribution is 2.27. The van der Waals surface area contributed by atoms with Crippen LogP contribution in [0.4, 0.5) is 13.6 Å². The van der Waals surface area contributed by atoms with Gasteiger partial charge in [-0.1, -0.05) is 25.1 Å². The first-order valence-corrected chi connectivity index (χ1v) is 9.00. The Kier molecular flexibility index (Phi) is 5.58. The quantitative estimate of drug-likeness (QED) is 0.603. The number of ether oxygens (including phenoxy) is 1. The number of carbonyl (C=O) groups excluding carboxylic acids is 1. The minimum Gasteiger partial charge on any atom is -0.444 e. The van der Waals surface area contributed by atoms with Crippen molar-refractivity contribution in [2.24, 2.45) is 0 Å². The molecule has 0 spiro atoms. The van der Waals surface area contributed by atoms with Gasteiger partial charge in [0.05, 0.1) is 0 Å². The second-order valence-electron chi connectivity index (χ2n) is 6.91. The molecule has 3 aromatic rings. The number of imidazole rings is 1. The lowest BCUT2D eigenvalue weighted by Crippen LogP contribution is -2.18. The summed E-state index contributed by atoms with van der Waals surface area (Å²) in [6.07, 6.45) is 2.33. The fourth-order valence-corrected chi connectivity index (χ4v) is 3.18. The summed E-state index contributed by atoms with van der Waals surface area (Å²) in [7, 11) is 0. The van der Waals surface area contributed by atoms with Gasteiger partial charge in [-0.15, -0.1) is 0 Å². The van der Waals surface area contributed by atoms with Crippen molar-refractivity contribution in [3.63, 3.8) is 0 Å². The van der Waals surface area contributed by atoms with E-state index in [1.807, 2.05) is 39.0 Å². The van der Waals surface area contributed by atoms with Crippen LogP contribution in [0.1, 0.15) is 46.5 Å². The van der Waals surface area contributed by atoms with Gasteiger partial charge in [-0.3, -0.25) is 0 Å². The van der Waals surface area contributed by atoms with Crippen molar-refractivity contribution in [3.8, 4) is 0 Å². The van der Waals surface area contributed by atoms with Gasteiger partial charge in [-0.25, -0.2) is 23.1 Å². The maximum Gasteiger partial charge on any atom is 0.419 e. The number of nitrogens with zero attached hydrogens (tertiary/aromatic N) is 2. The molecule has 0 saturated heterocycles. The minimum absolute atomic E-state index is 0.0132. The minimum atomic E-state index is -0.690. The summed E-state index contributed by atoms with van der Waals surface area (Å²) >= 11 is 0. The lowest BCUT2D eigenvalue weighted by atomic mass is 9.93. The molecule has 1 aromatic heterocycles. The van der Waals surface area contributed by atoms with E-state index in [0.29, 0.717) is 5.82 Å². The molecule has 0 unspecified atom stereocenters. The number of hydrogen-bond acceptors (Lipinski definition) is 3. The van der Waals surface area contributed by atoms with Crippen LogP contribution in [-0.4, -0.2) is 15.6 Å². The molecule has 1 heterocycles. The van der Waals surface area contributed by atoms with Crippen molar-refractivity contribution < 1.29 is 18.3 Å². The van der Waals surface area contributed by atoms with E-state index < -0.39 is 17.7 Å². The first-order chi connectivity index (χ1) is 13.3. The van der Waals surface area contributed by atoms with Gasteiger partial charge in [0.15, 0.2) is 0 Å². The van der Waals surface area contributed by atoms with E-state index in [1.165, 1.54) is 23.9 Å². The Morgan fingerprint density at radius 3 is 2.64 bits per heavy atom. The first kappa shape index (κ1) is 19.7. The Labute approximate surface area is 162 Å². The second-order valence-corrected chi connectivity index (χ2v) is 6.91. The molecule has 0 aliphatic rings. The standard InChI is InChI=1S/C22H22F2N2O2/c1-13-6-5-7-18(15(13)3)16(4)21-25-8-9-26(21)22(27)28-12-17-11-19(23)14(2)10-20(17)24/h5-11,16H,12H2,1-4H3/t16-/m0/s1. The van der Waals surface area contributed by atoms with Crippen LogP contribution in [0.3, 0.4) is 0 Å². The highest BCUT2D eigenvalue weighted by atomic mass is 19.1. The monoisotopic (exact) mass is 384 g/mol. The maximum absolute atomic E-state index is 14.0. The average molecular weight is 384 g/mol. The maximum atomic E-state index is 14.0. The van der Waals surface area contributed by atoms with E-state index in [2.05, 4.69) is 4.98 Å². The van der Waals surface area contributed by atoms with Crippen LogP contribution in [0.25, 0.3) is 0 Å². The van der Waals surface area contributed by atoms with Crippen molar-refractivity contribution >= 4 is 6.09 Å². The van der Waals surface area contributed by atoms with Gasteiger partial charge in [0, 0.05) is 23.9 Å². The molecule has 0 bridgehead atoms. The van der Waals surface area contributed by atoms with Gasteiger partial charge in [-0.05, 0) is 55.2 Å². The van der Waals surface area contributed by atoms with E-state index in [9.17, 15) is 13.6 Å². The van der Waals surface area contributed by atoms with Gasteiger partial charge >= 0.3 is 6.09 Å². The van der Waals surface area contributed by atoms with Gasteiger partial charge in [0.2, 0.25) is 0 Å². The number of halogens is 2. The molecule has 2 aromatic carbocycles. The van der Waals surface area contributed by atoms with Crippen LogP contribution in [0.15, 0.2) is 42.7 Å². The topological polar surface area (TPSA) is 44.1 Å². The fraction of sp³-hybridized carbons (Fsp3) is 0.273. The number of rotatable bonds is 4. The van der Waals surface area contributed by atoms with E-state index in [0.717, 1.165) is 28.8 Å². The summed E-state index contributed by atoms with van der Waals surface area (Å²) in [4.78, 5) is 16.8. The molecule has 0 saturated carbocycles. The summed E-state index contributed by atoms with van der Waals surface area (Å²) in [5, 5.41) is 0. The summed E-state index contributed by atoms with van der Waals surface area (Å²) in [5.41, 5.74) is 3.54. The molecular weight excluding hydrogens is 362 g/mol. The molecule has 146 valence electrons. The molecule has 4 nitrogen and oxygen atoms in total. The van der Waals surface area contributed by atoms with Crippen molar-refractivity contribution in [3.05, 3.63) is 88.0 Å². The third kappa shape index (κ3) is 3.81. The van der Waals surface area contributed by atoms with Gasteiger partial charge in [0.25, 0.3) is 0 Å². The van der Waals surface area contributed by atoms with Crippen LogP contribution in [0.5, 0.6) is 0 Å². The average Bonchev–Trinajstić information content (AvgIpc) is 3.15. The molecule has 0 aliphatic heterocycles. The van der Waals surface area contributed by atoms with E-state index >= 15 is 0 Å². The molecule has 3 rings (SSSR count). The van der Waals surface area contributed by atoms with E-state index in [-0.39, 0.29) is 23.7 Å². The van der Waals surface area contributed by atoms with Crippen LogP contribution in [-0.2, 0) is 11.3 Å². The summed E-state index contributed by atoms with van der Waals surface area (Å²) < 4.78 is 34.1. The van der Waals surface area contributed by atoms with Crippen LogP contribution < -0.4 is 0 Å². The molecule has 0 N–H and O–H groups in total.